The summed E-state index contributed by atoms with van der Waals surface area (Å²) in [6.07, 6.45) is 0.130. The second-order valence-electron chi connectivity index (χ2n) is 5.57. The zero-order chi connectivity index (χ0) is 17.9. The number of hydrogen-bond acceptors (Lipinski definition) is 4. The number of aromatic nitrogens is 2. The molecule has 7 nitrogen and oxygen atoms in total. The minimum Gasteiger partial charge on any atom is -0.480 e. The first-order valence-electron chi connectivity index (χ1n) is 7.43. The van der Waals surface area contributed by atoms with E-state index in [4.69, 9.17) is 0 Å². The van der Waals surface area contributed by atoms with Crippen LogP contribution in [0.1, 0.15) is 27.2 Å². The number of hydrogen-bond donors (Lipinski definition) is 2. The predicted molar refractivity (Wildman–Crippen MR) is 88.0 cm³/mol. The number of nitrogens with zero attached hydrogens (tertiary/aromatic N) is 2. The summed E-state index contributed by atoms with van der Waals surface area (Å²) >= 11 is 0. The van der Waals surface area contributed by atoms with Crippen LogP contribution in [-0.4, -0.2) is 32.8 Å². The molecule has 0 spiro atoms. The van der Waals surface area contributed by atoms with Crippen molar-refractivity contribution < 1.29 is 14.7 Å². The second kappa shape index (κ2) is 7.08. The molecule has 0 fully saturated rings. The fraction of sp³-hybridized carbons (Fsp3) is 0.294. The van der Waals surface area contributed by atoms with Gasteiger partial charge < -0.3 is 10.4 Å². The highest BCUT2D eigenvalue weighted by molar-refractivity contribution is 5.97. The minimum absolute atomic E-state index is 0.0793. The molecule has 24 heavy (non-hydrogen) atoms. The third kappa shape index (κ3) is 3.68. The van der Waals surface area contributed by atoms with Crippen molar-refractivity contribution in [2.45, 2.75) is 26.3 Å². The molecule has 0 radical (unpaired) electrons. The van der Waals surface area contributed by atoms with Crippen LogP contribution in [0.3, 0.4) is 0 Å². The fourth-order valence-electron chi connectivity index (χ4n) is 2.40. The maximum Gasteiger partial charge on any atom is 0.326 e. The van der Waals surface area contributed by atoms with Gasteiger partial charge in [-0.1, -0.05) is 30.3 Å². The van der Waals surface area contributed by atoms with Crippen LogP contribution in [0.25, 0.3) is 0 Å². The van der Waals surface area contributed by atoms with Crippen LogP contribution < -0.4 is 10.9 Å². The fourth-order valence-corrected chi connectivity index (χ4v) is 2.40. The van der Waals surface area contributed by atoms with Crippen molar-refractivity contribution in [2.75, 3.05) is 0 Å². The number of nitrogens with one attached hydrogen (secondary N) is 1. The van der Waals surface area contributed by atoms with Gasteiger partial charge in [-0.05, 0) is 25.0 Å². The summed E-state index contributed by atoms with van der Waals surface area (Å²) in [6.45, 7) is 3.30. The lowest BCUT2D eigenvalue weighted by molar-refractivity contribution is -0.139. The molecule has 1 aromatic carbocycles. The van der Waals surface area contributed by atoms with Gasteiger partial charge >= 0.3 is 5.97 Å². The van der Waals surface area contributed by atoms with Gasteiger partial charge in [-0.3, -0.25) is 9.59 Å². The Balaban J connectivity index is 2.30. The van der Waals surface area contributed by atoms with Crippen molar-refractivity contribution in [3.05, 3.63) is 63.1 Å². The van der Waals surface area contributed by atoms with E-state index in [-0.39, 0.29) is 12.0 Å². The van der Waals surface area contributed by atoms with E-state index in [0.717, 1.165) is 10.2 Å². The van der Waals surface area contributed by atoms with Gasteiger partial charge in [0, 0.05) is 13.5 Å². The smallest absolute Gasteiger partial charge is 0.326 e. The zero-order valence-corrected chi connectivity index (χ0v) is 13.7. The summed E-state index contributed by atoms with van der Waals surface area (Å²) in [5.74, 6) is -1.87. The summed E-state index contributed by atoms with van der Waals surface area (Å²) in [5, 5.41) is 15.8. The van der Waals surface area contributed by atoms with Crippen LogP contribution in [0.15, 0.2) is 35.1 Å². The van der Waals surface area contributed by atoms with Crippen molar-refractivity contribution in [3.63, 3.8) is 0 Å². The number of carbonyl (C=O) groups is 2. The lowest BCUT2D eigenvalue weighted by Crippen LogP contribution is -2.45. The topological polar surface area (TPSA) is 101 Å². The lowest BCUT2D eigenvalue weighted by Gasteiger charge is -2.16. The molecule has 0 aliphatic rings. The minimum atomic E-state index is -1.16. The molecule has 1 atom stereocenters. The molecule has 126 valence electrons. The SMILES string of the molecule is Cc1nn(C)c(=O)c(C(=O)NC(Cc2ccccc2)C(=O)O)c1C. The molecule has 0 aliphatic heterocycles. The normalized spacial score (nSPS) is 11.8. The molecule has 1 unspecified atom stereocenters. The molecule has 0 saturated carbocycles. The molecular formula is C17H19N3O4. The van der Waals surface area contributed by atoms with Gasteiger partial charge in [0.1, 0.15) is 11.6 Å². The van der Waals surface area contributed by atoms with Crippen LogP contribution in [-0.2, 0) is 18.3 Å². The van der Waals surface area contributed by atoms with E-state index in [2.05, 4.69) is 10.4 Å². The summed E-state index contributed by atoms with van der Waals surface area (Å²) in [6, 6.07) is 7.85. The van der Waals surface area contributed by atoms with E-state index in [1.165, 1.54) is 7.05 Å². The molecule has 7 heteroatoms. The van der Waals surface area contributed by atoms with E-state index >= 15 is 0 Å². The Labute approximate surface area is 138 Å². The van der Waals surface area contributed by atoms with Gasteiger partial charge in [0.25, 0.3) is 11.5 Å². The highest BCUT2D eigenvalue weighted by Gasteiger charge is 2.24. The maximum absolute atomic E-state index is 12.5. The number of carbonyl (C=O) groups excluding carboxylic acids is 1. The number of carboxylic acids is 1. The number of carboxylic acid groups (broad SMARTS) is 1. The average Bonchev–Trinajstić information content (AvgIpc) is 2.53. The van der Waals surface area contributed by atoms with Crippen molar-refractivity contribution in [1.29, 1.82) is 0 Å². The van der Waals surface area contributed by atoms with Crippen molar-refractivity contribution in [3.8, 4) is 0 Å². The Morgan fingerprint density at radius 2 is 1.88 bits per heavy atom. The van der Waals surface area contributed by atoms with Gasteiger partial charge in [0.05, 0.1) is 5.69 Å². The highest BCUT2D eigenvalue weighted by atomic mass is 16.4. The Kier molecular flexibility index (Phi) is 5.13. The van der Waals surface area contributed by atoms with E-state index in [1.54, 1.807) is 38.1 Å². The third-order valence-corrected chi connectivity index (χ3v) is 3.84. The van der Waals surface area contributed by atoms with Crippen LogP contribution in [0.5, 0.6) is 0 Å². The first-order valence-corrected chi connectivity index (χ1v) is 7.43. The second-order valence-corrected chi connectivity index (χ2v) is 5.57. The Hall–Kier alpha value is -2.96. The number of aryl methyl sites for hydroxylation is 2. The third-order valence-electron chi connectivity index (χ3n) is 3.84. The van der Waals surface area contributed by atoms with Crippen molar-refractivity contribution in [1.82, 2.24) is 15.1 Å². The summed E-state index contributed by atoms with van der Waals surface area (Å²) in [7, 11) is 1.45. The molecule has 2 aromatic rings. The number of amides is 1. The number of benzene rings is 1. The van der Waals surface area contributed by atoms with Gasteiger partial charge in [-0.25, -0.2) is 9.48 Å². The van der Waals surface area contributed by atoms with E-state index < -0.39 is 23.5 Å². The molecule has 1 heterocycles. The highest BCUT2D eigenvalue weighted by Crippen LogP contribution is 2.08. The molecule has 0 aliphatic carbocycles. The summed E-state index contributed by atoms with van der Waals surface area (Å²) in [5.41, 5.74) is 1.13. The van der Waals surface area contributed by atoms with Crippen molar-refractivity contribution in [2.24, 2.45) is 7.05 Å². The van der Waals surface area contributed by atoms with Gasteiger partial charge in [-0.15, -0.1) is 0 Å². The molecule has 2 rings (SSSR count). The number of aliphatic carboxylic acids is 1. The summed E-state index contributed by atoms with van der Waals surface area (Å²) in [4.78, 5) is 36.1. The largest absolute Gasteiger partial charge is 0.480 e. The molecule has 1 amide bonds. The molecular weight excluding hydrogens is 310 g/mol. The summed E-state index contributed by atoms with van der Waals surface area (Å²) < 4.78 is 1.07. The predicted octanol–water partition coefficient (Wildman–Crippen LogP) is 0.823. The lowest BCUT2D eigenvalue weighted by atomic mass is 10.0. The molecule has 0 bridgehead atoms. The van der Waals surface area contributed by atoms with Crippen LogP contribution in [0.2, 0.25) is 0 Å². The van der Waals surface area contributed by atoms with Crippen LogP contribution in [0.4, 0.5) is 0 Å². The maximum atomic E-state index is 12.5. The van der Waals surface area contributed by atoms with E-state index in [9.17, 15) is 19.5 Å². The van der Waals surface area contributed by atoms with Gasteiger partial charge in [0.15, 0.2) is 0 Å². The average molecular weight is 329 g/mol. The first-order chi connectivity index (χ1) is 11.3. The monoisotopic (exact) mass is 329 g/mol. The van der Waals surface area contributed by atoms with Crippen molar-refractivity contribution >= 4 is 11.9 Å². The Morgan fingerprint density at radius 1 is 1.25 bits per heavy atom. The standard InChI is InChI=1S/C17H19N3O4/c1-10-11(2)19-20(3)16(22)14(10)15(21)18-13(17(23)24)9-12-7-5-4-6-8-12/h4-8,13H,9H2,1-3H3,(H,18,21)(H,23,24). The zero-order valence-electron chi connectivity index (χ0n) is 13.7. The molecule has 0 saturated heterocycles. The van der Waals surface area contributed by atoms with E-state index in [0.29, 0.717) is 11.3 Å². The molecule has 1 aromatic heterocycles. The first kappa shape index (κ1) is 17.4. The Bertz CT molecular complexity index is 828. The van der Waals surface area contributed by atoms with E-state index in [1.807, 2.05) is 6.07 Å². The van der Waals surface area contributed by atoms with Gasteiger partial charge in [-0.2, -0.15) is 5.10 Å². The van der Waals surface area contributed by atoms with Crippen LogP contribution >= 0.6 is 0 Å². The quantitative estimate of drug-likeness (QED) is 0.846. The van der Waals surface area contributed by atoms with Gasteiger partial charge in [0.2, 0.25) is 0 Å². The van der Waals surface area contributed by atoms with Crippen LogP contribution in [0, 0.1) is 13.8 Å². The number of rotatable bonds is 5. The molecule has 2 N–H and O–H groups in total. The Morgan fingerprint density at radius 3 is 2.46 bits per heavy atom.